The molecule has 0 aromatic rings. The molecule has 0 aliphatic heterocycles. The van der Waals surface area contributed by atoms with E-state index in [2.05, 4.69) is 4.74 Å². The molecule has 10 heavy (non-hydrogen) atoms. The Hall–Kier alpha value is -0.610. The molecule has 0 saturated carbocycles. The topological polar surface area (TPSA) is 66.8 Å². The number of hydrogen-bond donors (Lipinski definition) is 2. The van der Waals surface area contributed by atoms with Crippen molar-refractivity contribution in [3.63, 3.8) is 0 Å². The minimum atomic E-state index is -1.61. The fraction of sp³-hybridized carbons (Fsp3) is 0.833. The number of carbonyl (C=O) groups is 1. The standard InChI is InChI=1S/C6H12O4/c1-3-4(5(7)8)6(9)10-2/h4-5,7-8H,3H2,1-2H3. The Balaban J connectivity index is 3.93. The summed E-state index contributed by atoms with van der Waals surface area (Å²) in [4.78, 5) is 10.6. The minimum Gasteiger partial charge on any atom is -0.469 e. The fourth-order valence-corrected chi connectivity index (χ4v) is 0.651. The van der Waals surface area contributed by atoms with Crippen molar-refractivity contribution in [1.29, 1.82) is 0 Å². The first-order valence-electron chi connectivity index (χ1n) is 3.07. The first-order valence-corrected chi connectivity index (χ1v) is 3.07. The maximum atomic E-state index is 10.6. The summed E-state index contributed by atoms with van der Waals surface area (Å²) in [5, 5.41) is 17.1. The van der Waals surface area contributed by atoms with E-state index in [0.717, 1.165) is 0 Å². The van der Waals surface area contributed by atoms with Crippen molar-refractivity contribution < 1.29 is 19.7 Å². The predicted octanol–water partition coefficient (Wildman–Crippen LogP) is -0.504. The Kier molecular flexibility index (Phi) is 3.99. The van der Waals surface area contributed by atoms with E-state index in [1.165, 1.54) is 7.11 Å². The Morgan fingerprint density at radius 2 is 2.10 bits per heavy atom. The molecule has 1 atom stereocenters. The number of esters is 1. The van der Waals surface area contributed by atoms with Gasteiger partial charge in [-0.3, -0.25) is 4.79 Å². The number of carbonyl (C=O) groups excluding carboxylic acids is 1. The molecule has 4 nitrogen and oxygen atoms in total. The number of methoxy groups -OCH3 is 1. The van der Waals surface area contributed by atoms with Crippen molar-refractivity contribution in [2.24, 2.45) is 5.92 Å². The van der Waals surface area contributed by atoms with Gasteiger partial charge in [0, 0.05) is 0 Å². The molecule has 1 unspecified atom stereocenters. The van der Waals surface area contributed by atoms with E-state index in [4.69, 9.17) is 10.2 Å². The molecule has 0 radical (unpaired) electrons. The van der Waals surface area contributed by atoms with Gasteiger partial charge in [-0.05, 0) is 6.42 Å². The Bertz CT molecular complexity index is 110. The maximum Gasteiger partial charge on any atom is 0.313 e. The highest BCUT2D eigenvalue weighted by Gasteiger charge is 2.23. The molecule has 0 saturated heterocycles. The molecule has 0 aliphatic carbocycles. The van der Waals surface area contributed by atoms with Crippen LogP contribution in [0, 0.1) is 5.92 Å². The van der Waals surface area contributed by atoms with Gasteiger partial charge >= 0.3 is 5.97 Å². The summed E-state index contributed by atoms with van der Waals surface area (Å²) in [6, 6.07) is 0. The lowest BCUT2D eigenvalue weighted by atomic mass is 10.1. The number of ether oxygens (including phenoxy) is 1. The third-order valence-corrected chi connectivity index (χ3v) is 1.30. The molecule has 2 N–H and O–H groups in total. The van der Waals surface area contributed by atoms with Gasteiger partial charge in [-0.1, -0.05) is 6.92 Å². The molecule has 0 aromatic heterocycles. The lowest BCUT2D eigenvalue weighted by molar-refractivity contribution is -0.162. The van der Waals surface area contributed by atoms with Gasteiger partial charge in [0.15, 0.2) is 6.29 Å². The first-order chi connectivity index (χ1) is 4.63. The van der Waals surface area contributed by atoms with Gasteiger partial charge in [0.2, 0.25) is 0 Å². The van der Waals surface area contributed by atoms with E-state index in [1.54, 1.807) is 6.92 Å². The minimum absolute atomic E-state index is 0.365. The van der Waals surface area contributed by atoms with E-state index in [9.17, 15) is 4.79 Å². The van der Waals surface area contributed by atoms with E-state index < -0.39 is 18.2 Å². The van der Waals surface area contributed by atoms with E-state index >= 15 is 0 Å². The smallest absolute Gasteiger partial charge is 0.313 e. The van der Waals surface area contributed by atoms with Crippen molar-refractivity contribution in [3.8, 4) is 0 Å². The zero-order valence-electron chi connectivity index (χ0n) is 6.07. The summed E-state index contributed by atoms with van der Waals surface area (Å²) in [5.41, 5.74) is 0. The van der Waals surface area contributed by atoms with Crippen LogP contribution in [0.3, 0.4) is 0 Å². The summed E-state index contributed by atoms with van der Waals surface area (Å²) in [5.74, 6) is -1.40. The summed E-state index contributed by atoms with van der Waals surface area (Å²) >= 11 is 0. The second-order valence-electron chi connectivity index (χ2n) is 1.95. The van der Waals surface area contributed by atoms with Crippen LogP contribution in [-0.2, 0) is 9.53 Å². The van der Waals surface area contributed by atoms with Gasteiger partial charge in [-0.15, -0.1) is 0 Å². The predicted molar refractivity (Wildman–Crippen MR) is 34.0 cm³/mol. The highest BCUT2D eigenvalue weighted by atomic mass is 16.5. The normalized spacial score (nSPS) is 13.3. The van der Waals surface area contributed by atoms with Crippen LogP contribution in [0.2, 0.25) is 0 Å². The molecule has 0 fully saturated rings. The van der Waals surface area contributed by atoms with Crippen LogP contribution >= 0.6 is 0 Å². The van der Waals surface area contributed by atoms with Crippen LogP contribution in [-0.4, -0.2) is 29.6 Å². The molecule has 0 spiro atoms. The molecular weight excluding hydrogens is 136 g/mol. The quantitative estimate of drug-likeness (QED) is 0.418. The molecule has 0 bridgehead atoms. The second kappa shape index (κ2) is 4.24. The van der Waals surface area contributed by atoms with E-state index in [-0.39, 0.29) is 0 Å². The van der Waals surface area contributed by atoms with Crippen LogP contribution in [0.4, 0.5) is 0 Å². The van der Waals surface area contributed by atoms with Crippen molar-refractivity contribution in [2.45, 2.75) is 19.6 Å². The molecule has 0 heterocycles. The Labute approximate surface area is 59.4 Å². The van der Waals surface area contributed by atoms with Crippen LogP contribution in [0.5, 0.6) is 0 Å². The van der Waals surface area contributed by atoms with Crippen LogP contribution in [0.15, 0.2) is 0 Å². The molecule has 0 aromatic carbocycles. The van der Waals surface area contributed by atoms with Crippen LogP contribution < -0.4 is 0 Å². The van der Waals surface area contributed by atoms with E-state index in [0.29, 0.717) is 6.42 Å². The monoisotopic (exact) mass is 148 g/mol. The van der Waals surface area contributed by atoms with Crippen molar-refractivity contribution in [2.75, 3.05) is 7.11 Å². The lowest BCUT2D eigenvalue weighted by Crippen LogP contribution is -2.28. The number of aliphatic hydroxyl groups is 2. The number of hydrogen-bond acceptors (Lipinski definition) is 4. The SMILES string of the molecule is CCC(C(=O)OC)C(O)O. The van der Waals surface area contributed by atoms with Crippen molar-refractivity contribution in [3.05, 3.63) is 0 Å². The second-order valence-corrected chi connectivity index (χ2v) is 1.95. The third-order valence-electron chi connectivity index (χ3n) is 1.30. The summed E-state index contributed by atoms with van der Waals surface area (Å²) < 4.78 is 4.31. The average molecular weight is 148 g/mol. The summed E-state index contributed by atoms with van der Waals surface area (Å²) in [6.45, 7) is 1.68. The van der Waals surface area contributed by atoms with Crippen molar-refractivity contribution >= 4 is 5.97 Å². The van der Waals surface area contributed by atoms with Gasteiger partial charge in [0.1, 0.15) is 5.92 Å². The molecular formula is C6H12O4. The fourth-order valence-electron chi connectivity index (χ4n) is 0.651. The molecule has 0 rings (SSSR count). The number of aliphatic hydroxyl groups excluding tert-OH is 1. The first kappa shape index (κ1) is 9.39. The maximum absolute atomic E-state index is 10.6. The largest absolute Gasteiger partial charge is 0.469 e. The van der Waals surface area contributed by atoms with Gasteiger partial charge < -0.3 is 14.9 Å². The highest BCUT2D eigenvalue weighted by Crippen LogP contribution is 2.07. The van der Waals surface area contributed by atoms with Gasteiger partial charge in [-0.25, -0.2) is 0 Å². The summed E-state index contributed by atoms with van der Waals surface area (Å²) in [7, 11) is 1.22. The number of rotatable bonds is 3. The van der Waals surface area contributed by atoms with Gasteiger partial charge in [0.05, 0.1) is 7.11 Å². The van der Waals surface area contributed by atoms with Gasteiger partial charge in [-0.2, -0.15) is 0 Å². The third kappa shape index (κ3) is 2.33. The zero-order chi connectivity index (χ0) is 8.15. The van der Waals surface area contributed by atoms with Crippen molar-refractivity contribution in [1.82, 2.24) is 0 Å². The van der Waals surface area contributed by atoms with E-state index in [1.807, 2.05) is 0 Å². The Morgan fingerprint density at radius 3 is 2.20 bits per heavy atom. The lowest BCUT2D eigenvalue weighted by Gasteiger charge is -2.13. The average Bonchev–Trinajstić information content (AvgIpc) is 1.88. The molecule has 4 heteroatoms. The van der Waals surface area contributed by atoms with Crippen LogP contribution in [0.25, 0.3) is 0 Å². The molecule has 60 valence electrons. The highest BCUT2D eigenvalue weighted by molar-refractivity contribution is 5.72. The molecule has 0 amide bonds. The Morgan fingerprint density at radius 1 is 1.60 bits per heavy atom. The summed E-state index contributed by atoms with van der Waals surface area (Å²) in [6.07, 6.45) is -1.25. The zero-order valence-corrected chi connectivity index (χ0v) is 6.07. The van der Waals surface area contributed by atoms with Crippen LogP contribution in [0.1, 0.15) is 13.3 Å². The van der Waals surface area contributed by atoms with Gasteiger partial charge in [0.25, 0.3) is 0 Å². The molecule has 0 aliphatic rings.